The van der Waals surface area contributed by atoms with Gasteiger partial charge in [0.15, 0.2) is 0 Å². The average Bonchev–Trinajstić information content (AvgIpc) is 2.72. The van der Waals surface area contributed by atoms with E-state index in [4.69, 9.17) is 4.74 Å². The van der Waals surface area contributed by atoms with Crippen LogP contribution < -0.4 is 0 Å². The van der Waals surface area contributed by atoms with Gasteiger partial charge in [-0.25, -0.2) is 0 Å². The van der Waals surface area contributed by atoms with Crippen LogP contribution in [0.5, 0.6) is 0 Å². The second-order valence-corrected chi connectivity index (χ2v) is 4.60. The second-order valence-electron chi connectivity index (χ2n) is 4.60. The Morgan fingerprint density at radius 1 is 1.43 bits per heavy atom. The molecule has 0 radical (unpaired) electrons. The Labute approximate surface area is 83.1 Å². The molecular formula is C11H15NO2. The summed E-state index contributed by atoms with van der Waals surface area (Å²) in [5.41, 5.74) is 1.41. The van der Waals surface area contributed by atoms with Crippen LogP contribution >= 0.6 is 0 Å². The van der Waals surface area contributed by atoms with Crippen LogP contribution in [0.4, 0.5) is 0 Å². The molecule has 2 N–H and O–H groups in total. The molecule has 0 spiro atoms. The fourth-order valence-corrected chi connectivity index (χ4v) is 2.62. The lowest BCUT2D eigenvalue weighted by Crippen LogP contribution is -2.55. The van der Waals surface area contributed by atoms with E-state index in [1.54, 1.807) is 0 Å². The normalized spacial score (nSPS) is 26.9. The van der Waals surface area contributed by atoms with Gasteiger partial charge in [-0.05, 0) is 25.0 Å². The fourth-order valence-electron chi connectivity index (χ4n) is 2.62. The van der Waals surface area contributed by atoms with Crippen LogP contribution in [0.1, 0.15) is 18.5 Å². The van der Waals surface area contributed by atoms with Crippen molar-refractivity contribution < 1.29 is 9.84 Å². The van der Waals surface area contributed by atoms with E-state index < -0.39 is 0 Å². The zero-order valence-electron chi connectivity index (χ0n) is 8.12. The van der Waals surface area contributed by atoms with Gasteiger partial charge >= 0.3 is 0 Å². The maximum Gasteiger partial charge on any atom is 0.0648 e. The molecule has 1 aliphatic carbocycles. The quantitative estimate of drug-likeness (QED) is 0.753. The van der Waals surface area contributed by atoms with Gasteiger partial charge in [-0.3, -0.25) is 0 Å². The number of hydrogen-bond donors (Lipinski definition) is 2. The molecule has 2 heterocycles. The van der Waals surface area contributed by atoms with Crippen LogP contribution in [0.2, 0.25) is 0 Å². The molecule has 0 aromatic carbocycles. The Morgan fingerprint density at radius 2 is 2.21 bits per heavy atom. The number of hydrogen-bond acceptors (Lipinski definition) is 2. The summed E-state index contributed by atoms with van der Waals surface area (Å²) in [6.07, 6.45) is 4.21. The van der Waals surface area contributed by atoms with Gasteiger partial charge in [0, 0.05) is 23.9 Å². The highest BCUT2D eigenvalue weighted by Crippen LogP contribution is 2.61. The summed E-state index contributed by atoms with van der Waals surface area (Å²) in [6, 6.07) is 4.13. The van der Waals surface area contributed by atoms with Crippen LogP contribution in [0.25, 0.3) is 0 Å². The lowest BCUT2D eigenvalue weighted by molar-refractivity contribution is -0.112. The van der Waals surface area contributed by atoms with Crippen molar-refractivity contribution in [1.82, 2.24) is 4.98 Å². The van der Waals surface area contributed by atoms with Gasteiger partial charge in [-0.15, -0.1) is 0 Å². The number of aromatic amines is 1. The van der Waals surface area contributed by atoms with Crippen LogP contribution in [0.3, 0.4) is 0 Å². The highest BCUT2D eigenvalue weighted by atomic mass is 16.5. The maximum absolute atomic E-state index is 9.49. The van der Waals surface area contributed by atoms with Crippen molar-refractivity contribution in [3.63, 3.8) is 0 Å². The molecule has 1 saturated heterocycles. The SMILES string of the molecule is OCC1(C2(c3ccc[nH]3)COC2)CC1. The molecule has 1 aliphatic heterocycles. The first-order valence-electron chi connectivity index (χ1n) is 5.16. The summed E-state index contributed by atoms with van der Waals surface area (Å²) in [4.78, 5) is 3.27. The van der Waals surface area contributed by atoms with Gasteiger partial charge in [-0.1, -0.05) is 0 Å². The minimum Gasteiger partial charge on any atom is -0.396 e. The van der Waals surface area contributed by atoms with Gasteiger partial charge in [0.25, 0.3) is 0 Å². The molecule has 0 bridgehead atoms. The topological polar surface area (TPSA) is 45.2 Å². The molecule has 2 aliphatic rings. The first-order valence-corrected chi connectivity index (χ1v) is 5.16. The first-order chi connectivity index (χ1) is 6.83. The molecule has 2 fully saturated rings. The predicted molar refractivity (Wildman–Crippen MR) is 52.0 cm³/mol. The summed E-state index contributed by atoms with van der Waals surface area (Å²) in [5.74, 6) is 0. The van der Waals surface area contributed by atoms with E-state index in [9.17, 15) is 5.11 Å². The predicted octanol–water partition coefficient (Wildman–Crippen LogP) is 1.06. The van der Waals surface area contributed by atoms with Crippen molar-refractivity contribution in [3.05, 3.63) is 24.0 Å². The van der Waals surface area contributed by atoms with Gasteiger partial charge < -0.3 is 14.8 Å². The molecule has 0 amide bonds. The third-order valence-electron chi connectivity index (χ3n) is 3.98. The second kappa shape index (κ2) is 2.61. The Hall–Kier alpha value is -0.800. The third kappa shape index (κ3) is 0.842. The summed E-state index contributed by atoms with van der Waals surface area (Å²) in [5, 5.41) is 9.49. The average molecular weight is 193 g/mol. The number of aliphatic hydroxyl groups excluding tert-OH is 1. The summed E-state index contributed by atoms with van der Waals surface area (Å²) < 4.78 is 5.36. The number of rotatable bonds is 3. The fraction of sp³-hybridized carbons (Fsp3) is 0.636. The molecule has 1 saturated carbocycles. The van der Waals surface area contributed by atoms with E-state index in [1.807, 2.05) is 12.3 Å². The largest absolute Gasteiger partial charge is 0.396 e. The zero-order chi connectivity index (χ0) is 9.65. The van der Waals surface area contributed by atoms with Gasteiger partial charge in [0.1, 0.15) is 0 Å². The molecular weight excluding hydrogens is 178 g/mol. The first kappa shape index (κ1) is 8.50. The molecule has 0 atom stereocenters. The standard InChI is InChI=1S/C11H15NO2/c13-6-10(3-4-10)11(7-14-8-11)9-2-1-5-12-9/h1-2,5,12-13H,3-4,6-8H2. The molecule has 3 rings (SSSR count). The van der Waals surface area contributed by atoms with Crippen LogP contribution in [0.15, 0.2) is 18.3 Å². The molecule has 3 heteroatoms. The molecule has 14 heavy (non-hydrogen) atoms. The Morgan fingerprint density at radius 3 is 2.57 bits per heavy atom. The van der Waals surface area contributed by atoms with Crippen molar-refractivity contribution in [2.75, 3.05) is 19.8 Å². The highest BCUT2D eigenvalue weighted by Gasteiger charge is 2.63. The lowest BCUT2D eigenvalue weighted by atomic mass is 9.69. The molecule has 3 nitrogen and oxygen atoms in total. The third-order valence-corrected chi connectivity index (χ3v) is 3.98. The van der Waals surface area contributed by atoms with Gasteiger partial charge in [0.2, 0.25) is 0 Å². The Balaban J connectivity index is 1.99. The van der Waals surface area contributed by atoms with Crippen molar-refractivity contribution in [2.45, 2.75) is 18.3 Å². The summed E-state index contributed by atoms with van der Waals surface area (Å²) >= 11 is 0. The minimum atomic E-state index is 0.0747. The van der Waals surface area contributed by atoms with E-state index >= 15 is 0 Å². The van der Waals surface area contributed by atoms with Crippen molar-refractivity contribution in [2.24, 2.45) is 5.41 Å². The summed E-state index contributed by atoms with van der Waals surface area (Å²) in [7, 11) is 0. The smallest absolute Gasteiger partial charge is 0.0648 e. The molecule has 1 aromatic rings. The van der Waals surface area contributed by atoms with Crippen LogP contribution in [-0.4, -0.2) is 29.9 Å². The molecule has 76 valence electrons. The lowest BCUT2D eigenvalue weighted by Gasteiger charge is -2.47. The Kier molecular flexibility index (Phi) is 1.59. The van der Waals surface area contributed by atoms with Crippen molar-refractivity contribution >= 4 is 0 Å². The number of H-pyrrole nitrogens is 1. The number of ether oxygens (including phenoxy) is 1. The number of nitrogens with one attached hydrogen (secondary N) is 1. The zero-order valence-corrected chi connectivity index (χ0v) is 8.12. The molecule has 0 unspecified atom stereocenters. The van der Waals surface area contributed by atoms with Crippen molar-refractivity contribution in [3.8, 4) is 0 Å². The van der Waals surface area contributed by atoms with E-state index in [0.717, 1.165) is 26.1 Å². The highest BCUT2D eigenvalue weighted by molar-refractivity contribution is 5.30. The van der Waals surface area contributed by atoms with E-state index in [0.29, 0.717) is 0 Å². The van der Waals surface area contributed by atoms with E-state index in [1.165, 1.54) is 5.69 Å². The molecule has 1 aromatic heterocycles. The van der Waals surface area contributed by atoms with Gasteiger partial charge in [-0.2, -0.15) is 0 Å². The maximum atomic E-state index is 9.49. The van der Waals surface area contributed by atoms with Crippen LogP contribution in [0, 0.1) is 5.41 Å². The van der Waals surface area contributed by atoms with Crippen molar-refractivity contribution in [1.29, 1.82) is 0 Å². The summed E-state index contributed by atoms with van der Waals surface area (Å²) in [6.45, 7) is 1.80. The number of aliphatic hydroxyl groups is 1. The van der Waals surface area contributed by atoms with Gasteiger partial charge in [0.05, 0.1) is 18.6 Å². The number of aromatic nitrogens is 1. The van der Waals surface area contributed by atoms with E-state index in [-0.39, 0.29) is 17.4 Å². The Bertz CT molecular complexity index is 323. The minimum absolute atomic E-state index is 0.0747. The monoisotopic (exact) mass is 193 g/mol. The van der Waals surface area contributed by atoms with Crippen LogP contribution in [-0.2, 0) is 10.2 Å². The van der Waals surface area contributed by atoms with E-state index in [2.05, 4.69) is 11.1 Å².